The number of rotatable bonds is 1. The van der Waals surface area contributed by atoms with Gasteiger partial charge in [0.15, 0.2) is 5.78 Å². The van der Waals surface area contributed by atoms with Crippen molar-refractivity contribution in [2.75, 3.05) is 5.73 Å². The van der Waals surface area contributed by atoms with Crippen LogP contribution in [0.2, 0.25) is 0 Å². The zero-order valence-electron chi connectivity index (χ0n) is 7.32. The van der Waals surface area contributed by atoms with Crippen molar-refractivity contribution in [2.24, 2.45) is 0 Å². The Balaban J connectivity index is 3.53. The maximum absolute atomic E-state index is 13.2. The highest BCUT2D eigenvalue weighted by Gasteiger charge is 2.16. The number of anilines is 1. The molecule has 0 aliphatic carbocycles. The van der Waals surface area contributed by atoms with Gasteiger partial charge in [-0.2, -0.15) is 0 Å². The first-order chi connectivity index (χ1) is 5.95. The topological polar surface area (TPSA) is 43.1 Å². The fourth-order valence-corrected chi connectivity index (χ4v) is 1.09. The first-order valence-corrected chi connectivity index (χ1v) is 3.70. The van der Waals surface area contributed by atoms with Crippen molar-refractivity contribution in [3.63, 3.8) is 0 Å². The van der Waals surface area contributed by atoms with Crippen molar-refractivity contribution in [3.05, 3.63) is 28.8 Å². The van der Waals surface area contributed by atoms with Crippen LogP contribution >= 0.6 is 0 Å². The van der Waals surface area contributed by atoms with E-state index in [0.29, 0.717) is 0 Å². The molecule has 0 spiro atoms. The van der Waals surface area contributed by atoms with Gasteiger partial charge in [0.05, 0.1) is 5.56 Å². The van der Waals surface area contributed by atoms with Crippen molar-refractivity contribution in [2.45, 2.75) is 13.8 Å². The number of carbonyl (C=O) groups is 1. The number of ketones is 1. The maximum Gasteiger partial charge on any atom is 0.164 e. The number of hydrogen-bond acceptors (Lipinski definition) is 2. The molecule has 0 aromatic heterocycles. The lowest BCUT2D eigenvalue weighted by Crippen LogP contribution is -2.06. The van der Waals surface area contributed by atoms with Gasteiger partial charge in [0, 0.05) is 11.3 Å². The van der Waals surface area contributed by atoms with Crippen LogP contribution in [0.1, 0.15) is 22.8 Å². The first-order valence-electron chi connectivity index (χ1n) is 3.70. The third-order valence-corrected chi connectivity index (χ3v) is 1.83. The molecule has 0 saturated heterocycles. The lowest BCUT2D eigenvalue weighted by molar-refractivity contribution is 0.101. The predicted molar refractivity (Wildman–Crippen MR) is 45.5 cm³/mol. The predicted octanol–water partition coefficient (Wildman–Crippen LogP) is 2.06. The van der Waals surface area contributed by atoms with E-state index in [-0.39, 0.29) is 16.8 Å². The second-order valence-electron chi connectivity index (χ2n) is 2.82. The fraction of sp³-hybridized carbons (Fsp3) is 0.222. The van der Waals surface area contributed by atoms with Crippen molar-refractivity contribution in [1.29, 1.82) is 0 Å². The third kappa shape index (κ3) is 1.52. The van der Waals surface area contributed by atoms with Crippen molar-refractivity contribution >= 4 is 11.5 Å². The highest BCUT2D eigenvalue weighted by molar-refractivity contribution is 5.99. The number of nitrogens with two attached hydrogens (primary N) is 1. The van der Waals surface area contributed by atoms with Crippen LogP contribution in [0, 0.1) is 18.6 Å². The minimum atomic E-state index is -0.870. The lowest BCUT2D eigenvalue weighted by atomic mass is 10.0. The van der Waals surface area contributed by atoms with Crippen molar-refractivity contribution in [1.82, 2.24) is 0 Å². The average molecular weight is 185 g/mol. The molecule has 1 aromatic carbocycles. The fourth-order valence-electron chi connectivity index (χ4n) is 1.09. The van der Waals surface area contributed by atoms with Gasteiger partial charge in [-0.3, -0.25) is 4.79 Å². The molecule has 0 heterocycles. The Hall–Kier alpha value is -1.45. The number of Topliss-reactive ketones (excluding diaryl/α,β-unsaturated/α-hetero) is 1. The highest BCUT2D eigenvalue weighted by atomic mass is 19.1. The van der Waals surface area contributed by atoms with Crippen LogP contribution in [-0.2, 0) is 0 Å². The summed E-state index contributed by atoms with van der Waals surface area (Å²) in [6.07, 6.45) is 0. The average Bonchev–Trinajstić information content (AvgIpc) is 1.99. The van der Waals surface area contributed by atoms with E-state index in [1.54, 1.807) is 0 Å². The molecule has 0 aliphatic heterocycles. The molecule has 2 N–H and O–H groups in total. The molecule has 13 heavy (non-hydrogen) atoms. The summed E-state index contributed by atoms with van der Waals surface area (Å²) < 4.78 is 26.1. The molecule has 0 fully saturated rings. The number of benzene rings is 1. The summed E-state index contributed by atoms with van der Waals surface area (Å²) in [5.41, 5.74) is 4.71. The summed E-state index contributed by atoms with van der Waals surface area (Å²) in [4.78, 5) is 10.9. The van der Waals surface area contributed by atoms with Crippen LogP contribution in [0.4, 0.5) is 14.5 Å². The molecule has 0 radical (unpaired) electrons. The molecule has 0 bridgehead atoms. The Morgan fingerprint density at radius 3 is 2.46 bits per heavy atom. The zero-order chi connectivity index (χ0) is 10.2. The Morgan fingerprint density at radius 1 is 1.46 bits per heavy atom. The van der Waals surface area contributed by atoms with Gasteiger partial charge in [-0.05, 0) is 19.9 Å². The summed E-state index contributed by atoms with van der Waals surface area (Å²) >= 11 is 0. The number of carbonyl (C=O) groups excluding carboxylic acids is 1. The molecule has 0 amide bonds. The van der Waals surface area contributed by atoms with Crippen LogP contribution in [0.3, 0.4) is 0 Å². The molecule has 0 unspecified atom stereocenters. The van der Waals surface area contributed by atoms with Gasteiger partial charge in [-0.25, -0.2) is 8.78 Å². The molecule has 70 valence electrons. The quantitative estimate of drug-likeness (QED) is 0.537. The standard InChI is InChI=1S/C9H9F2NO/c1-4-6(10)3-7(12)8(5(2)13)9(4)11/h3H,12H2,1-2H3. The van der Waals surface area contributed by atoms with Gasteiger partial charge in [0.1, 0.15) is 11.6 Å². The summed E-state index contributed by atoms with van der Waals surface area (Å²) in [6.45, 7) is 2.45. The van der Waals surface area contributed by atoms with Gasteiger partial charge < -0.3 is 5.73 Å². The molecular weight excluding hydrogens is 176 g/mol. The van der Waals surface area contributed by atoms with E-state index in [9.17, 15) is 13.6 Å². The van der Waals surface area contributed by atoms with E-state index < -0.39 is 17.4 Å². The SMILES string of the molecule is CC(=O)c1c(N)cc(F)c(C)c1F. The van der Waals surface area contributed by atoms with E-state index in [1.807, 2.05) is 0 Å². The molecule has 2 nitrogen and oxygen atoms in total. The number of nitrogen functional groups attached to an aromatic ring is 1. The van der Waals surface area contributed by atoms with Gasteiger partial charge in [-0.15, -0.1) is 0 Å². The summed E-state index contributed by atoms with van der Waals surface area (Å²) in [6, 6.07) is 0.954. The molecule has 1 aromatic rings. The van der Waals surface area contributed by atoms with Gasteiger partial charge in [0.25, 0.3) is 0 Å². The summed E-state index contributed by atoms with van der Waals surface area (Å²) in [7, 11) is 0. The number of halogens is 2. The molecule has 4 heteroatoms. The van der Waals surface area contributed by atoms with E-state index in [1.165, 1.54) is 13.8 Å². The van der Waals surface area contributed by atoms with Crippen LogP contribution in [0.25, 0.3) is 0 Å². The lowest BCUT2D eigenvalue weighted by Gasteiger charge is -2.06. The second-order valence-corrected chi connectivity index (χ2v) is 2.82. The molecule has 0 saturated carbocycles. The van der Waals surface area contributed by atoms with Gasteiger partial charge in [-0.1, -0.05) is 0 Å². The van der Waals surface area contributed by atoms with E-state index in [4.69, 9.17) is 5.73 Å². The smallest absolute Gasteiger partial charge is 0.164 e. The Labute approximate surface area is 74.4 Å². The zero-order valence-corrected chi connectivity index (χ0v) is 7.32. The van der Waals surface area contributed by atoms with Crippen LogP contribution < -0.4 is 5.73 Å². The molecule has 1 rings (SSSR count). The third-order valence-electron chi connectivity index (χ3n) is 1.83. The minimum Gasteiger partial charge on any atom is -0.398 e. The van der Waals surface area contributed by atoms with Crippen LogP contribution in [-0.4, -0.2) is 5.78 Å². The largest absolute Gasteiger partial charge is 0.398 e. The molecule has 0 atom stereocenters. The van der Waals surface area contributed by atoms with E-state index in [0.717, 1.165) is 6.07 Å². The Kier molecular flexibility index (Phi) is 2.32. The Bertz CT molecular complexity index is 374. The molecule has 0 aliphatic rings. The highest BCUT2D eigenvalue weighted by Crippen LogP contribution is 2.22. The normalized spacial score (nSPS) is 10.2. The minimum absolute atomic E-state index is 0.159. The van der Waals surface area contributed by atoms with Crippen molar-refractivity contribution in [3.8, 4) is 0 Å². The van der Waals surface area contributed by atoms with Crippen molar-refractivity contribution < 1.29 is 13.6 Å². The van der Waals surface area contributed by atoms with Crippen LogP contribution in [0.15, 0.2) is 6.07 Å². The van der Waals surface area contributed by atoms with Gasteiger partial charge in [0.2, 0.25) is 0 Å². The van der Waals surface area contributed by atoms with Gasteiger partial charge >= 0.3 is 0 Å². The summed E-state index contributed by atoms with van der Waals surface area (Å²) in [5, 5.41) is 0. The van der Waals surface area contributed by atoms with E-state index in [2.05, 4.69) is 0 Å². The first kappa shape index (κ1) is 9.64. The monoisotopic (exact) mass is 185 g/mol. The maximum atomic E-state index is 13.2. The Morgan fingerprint density at radius 2 is 2.00 bits per heavy atom. The van der Waals surface area contributed by atoms with E-state index >= 15 is 0 Å². The second kappa shape index (κ2) is 3.12. The molecular formula is C9H9F2NO. The number of hydrogen-bond donors (Lipinski definition) is 1. The van der Waals surface area contributed by atoms with Crippen LogP contribution in [0.5, 0.6) is 0 Å². The summed E-state index contributed by atoms with van der Waals surface area (Å²) in [5.74, 6) is -2.11.